The number of thiophene rings is 1. The van der Waals surface area contributed by atoms with Gasteiger partial charge in [-0.05, 0) is 42.0 Å². The summed E-state index contributed by atoms with van der Waals surface area (Å²) in [6, 6.07) is 7.71. The average molecular weight is 276 g/mol. The lowest BCUT2D eigenvalue weighted by Gasteiger charge is -2.25. The Morgan fingerprint density at radius 3 is 3.11 bits per heavy atom. The van der Waals surface area contributed by atoms with E-state index in [9.17, 15) is 4.79 Å². The van der Waals surface area contributed by atoms with Crippen LogP contribution in [-0.4, -0.2) is 25.2 Å². The second-order valence-corrected chi connectivity index (χ2v) is 6.11. The van der Waals surface area contributed by atoms with E-state index in [1.165, 1.54) is 4.70 Å². The zero-order valence-corrected chi connectivity index (χ0v) is 11.5. The van der Waals surface area contributed by atoms with Crippen molar-refractivity contribution in [3.63, 3.8) is 0 Å². The van der Waals surface area contributed by atoms with Crippen molar-refractivity contribution in [1.29, 1.82) is 0 Å². The topological polar surface area (TPSA) is 64.3 Å². The largest absolute Gasteiger partial charge is 0.379 e. The number of fused-ring (bicyclic) bond motifs is 1. The number of amides is 1. The number of ether oxygens (including phenoxy) is 1. The quantitative estimate of drug-likeness (QED) is 0.884. The number of carbonyl (C=O) groups excluding carboxylic acids is 1. The Balaban J connectivity index is 1.82. The highest BCUT2D eigenvalue weighted by molar-refractivity contribution is 7.17. The van der Waals surface area contributed by atoms with Crippen molar-refractivity contribution in [2.75, 3.05) is 18.5 Å². The number of rotatable bonds is 2. The van der Waals surface area contributed by atoms with Gasteiger partial charge in [0.15, 0.2) is 0 Å². The average Bonchev–Trinajstić information content (AvgIpc) is 2.97. The Hall–Kier alpha value is -1.43. The van der Waals surface area contributed by atoms with Gasteiger partial charge in [-0.2, -0.15) is 0 Å². The van der Waals surface area contributed by atoms with E-state index in [-0.39, 0.29) is 11.9 Å². The lowest BCUT2D eigenvalue weighted by Crippen LogP contribution is -2.47. The van der Waals surface area contributed by atoms with Crippen LogP contribution in [0.1, 0.15) is 6.92 Å². The molecule has 2 atom stereocenters. The summed E-state index contributed by atoms with van der Waals surface area (Å²) in [5, 5.41) is 6.12. The van der Waals surface area contributed by atoms with E-state index in [2.05, 4.69) is 5.32 Å². The Morgan fingerprint density at radius 2 is 2.37 bits per heavy atom. The van der Waals surface area contributed by atoms with Crippen molar-refractivity contribution in [2.45, 2.75) is 13.0 Å². The van der Waals surface area contributed by atoms with Gasteiger partial charge in [-0.3, -0.25) is 4.79 Å². The maximum absolute atomic E-state index is 12.4. The second-order valence-electron chi connectivity index (χ2n) is 5.17. The molecule has 5 heteroatoms. The van der Waals surface area contributed by atoms with E-state index < -0.39 is 5.41 Å². The number of benzene rings is 1. The van der Waals surface area contributed by atoms with Gasteiger partial charge >= 0.3 is 0 Å². The normalized spacial score (nSPS) is 26.7. The van der Waals surface area contributed by atoms with Gasteiger partial charge in [-0.1, -0.05) is 0 Å². The Bertz CT molecular complexity index is 625. The number of nitrogens with one attached hydrogen (secondary N) is 1. The number of anilines is 1. The van der Waals surface area contributed by atoms with Crippen LogP contribution in [0.5, 0.6) is 0 Å². The molecule has 3 rings (SSSR count). The first-order valence-corrected chi connectivity index (χ1v) is 7.09. The van der Waals surface area contributed by atoms with Gasteiger partial charge in [0.05, 0.1) is 18.6 Å². The minimum absolute atomic E-state index is 0.0768. The SMILES string of the molecule is CC1(C(=O)Nc2ccc3sccc3c2)COCC1N. The fraction of sp³-hybridized carbons (Fsp3) is 0.357. The highest BCUT2D eigenvalue weighted by atomic mass is 32.1. The van der Waals surface area contributed by atoms with Crippen LogP contribution < -0.4 is 11.1 Å². The third kappa shape index (κ3) is 2.14. The van der Waals surface area contributed by atoms with Gasteiger partial charge in [-0.25, -0.2) is 0 Å². The minimum atomic E-state index is -0.649. The van der Waals surface area contributed by atoms with Crippen molar-refractivity contribution < 1.29 is 9.53 Å². The molecule has 2 aromatic rings. The summed E-state index contributed by atoms with van der Waals surface area (Å²) < 4.78 is 6.52. The molecule has 1 aliphatic heterocycles. The molecule has 2 unspecified atom stereocenters. The molecule has 0 radical (unpaired) electrons. The zero-order valence-electron chi connectivity index (χ0n) is 10.7. The van der Waals surface area contributed by atoms with Crippen LogP contribution in [0.25, 0.3) is 10.1 Å². The molecular formula is C14H16N2O2S. The maximum atomic E-state index is 12.4. The van der Waals surface area contributed by atoms with E-state index in [0.29, 0.717) is 13.2 Å². The van der Waals surface area contributed by atoms with Crippen molar-refractivity contribution in [3.05, 3.63) is 29.6 Å². The first-order valence-electron chi connectivity index (χ1n) is 6.22. The highest BCUT2D eigenvalue weighted by Gasteiger charge is 2.44. The molecule has 1 aromatic carbocycles. The van der Waals surface area contributed by atoms with E-state index >= 15 is 0 Å². The summed E-state index contributed by atoms with van der Waals surface area (Å²) in [6.07, 6.45) is 0. The van der Waals surface area contributed by atoms with Crippen molar-refractivity contribution in [2.24, 2.45) is 11.1 Å². The van der Waals surface area contributed by atoms with E-state index in [1.54, 1.807) is 11.3 Å². The van der Waals surface area contributed by atoms with Crippen molar-refractivity contribution >= 4 is 33.0 Å². The molecule has 0 aliphatic carbocycles. The molecule has 2 heterocycles. The monoisotopic (exact) mass is 276 g/mol. The highest BCUT2D eigenvalue weighted by Crippen LogP contribution is 2.30. The van der Waals surface area contributed by atoms with Crippen LogP contribution >= 0.6 is 11.3 Å². The van der Waals surface area contributed by atoms with Gasteiger partial charge < -0.3 is 15.8 Å². The predicted molar refractivity (Wildman–Crippen MR) is 77.4 cm³/mol. The lowest BCUT2D eigenvalue weighted by atomic mass is 9.85. The summed E-state index contributed by atoms with van der Waals surface area (Å²) in [6.45, 7) is 2.66. The molecule has 0 saturated carbocycles. The maximum Gasteiger partial charge on any atom is 0.234 e. The van der Waals surface area contributed by atoms with Gasteiger partial charge in [0, 0.05) is 16.4 Å². The Kier molecular flexibility index (Phi) is 3.05. The standard InChI is InChI=1S/C14H16N2O2S/c1-14(8-18-7-12(14)15)13(17)16-10-2-3-11-9(6-10)4-5-19-11/h2-6,12H,7-8,15H2,1H3,(H,16,17). The number of hydrogen-bond donors (Lipinski definition) is 2. The number of carbonyl (C=O) groups is 1. The molecule has 1 aliphatic rings. The molecule has 1 amide bonds. The van der Waals surface area contributed by atoms with Crippen LogP contribution in [0.2, 0.25) is 0 Å². The Morgan fingerprint density at radius 1 is 1.53 bits per heavy atom. The Labute approximate surface area is 115 Å². The summed E-state index contributed by atoms with van der Waals surface area (Å²) in [5.74, 6) is -0.0768. The molecule has 0 bridgehead atoms. The van der Waals surface area contributed by atoms with Gasteiger partial charge in [0.2, 0.25) is 5.91 Å². The molecule has 1 aromatic heterocycles. The molecule has 1 fully saturated rings. The summed E-state index contributed by atoms with van der Waals surface area (Å²) >= 11 is 1.69. The molecule has 4 nitrogen and oxygen atoms in total. The van der Waals surface area contributed by atoms with Crippen LogP contribution in [0.3, 0.4) is 0 Å². The van der Waals surface area contributed by atoms with Crippen LogP contribution in [0.15, 0.2) is 29.6 Å². The second kappa shape index (κ2) is 4.59. The number of nitrogens with two attached hydrogens (primary N) is 1. The molecular weight excluding hydrogens is 260 g/mol. The van der Waals surface area contributed by atoms with Gasteiger partial charge in [-0.15, -0.1) is 11.3 Å². The molecule has 1 saturated heterocycles. The lowest BCUT2D eigenvalue weighted by molar-refractivity contribution is -0.125. The summed E-state index contributed by atoms with van der Waals surface area (Å²) in [4.78, 5) is 12.4. The fourth-order valence-corrected chi connectivity index (χ4v) is 3.01. The first kappa shape index (κ1) is 12.6. The van der Waals surface area contributed by atoms with E-state index in [1.807, 2.05) is 36.6 Å². The van der Waals surface area contributed by atoms with E-state index in [4.69, 9.17) is 10.5 Å². The number of hydrogen-bond acceptors (Lipinski definition) is 4. The molecule has 0 spiro atoms. The van der Waals surface area contributed by atoms with Crippen LogP contribution in [0.4, 0.5) is 5.69 Å². The third-order valence-corrected chi connectivity index (χ3v) is 4.64. The molecule has 100 valence electrons. The van der Waals surface area contributed by atoms with Gasteiger partial charge in [0.25, 0.3) is 0 Å². The smallest absolute Gasteiger partial charge is 0.234 e. The molecule has 19 heavy (non-hydrogen) atoms. The summed E-state index contributed by atoms with van der Waals surface area (Å²) in [5.41, 5.74) is 6.11. The summed E-state index contributed by atoms with van der Waals surface area (Å²) in [7, 11) is 0. The molecule has 3 N–H and O–H groups in total. The van der Waals surface area contributed by atoms with Crippen LogP contribution in [-0.2, 0) is 9.53 Å². The minimum Gasteiger partial charge on any atom is -0.379 e. The van der Waals surface area contributed by atoms with Gasteiger partial charge in [0.1, 0.15) is 0 Å². The van der Waals surface area contributed by atoms with Crippen molar-refractivity contribution in [3.8, 4) is 0 Å². The third-order valence-electron chi connectivity index (χ3n) is 3.75. The van der Waals surface area contributed by atoms with E-state index in [0.717, 1.165) is 11.1 Å². The first-order chi connectivity index (χ1) is 9.09. The predicted octanol–water partition coefficient (Wildman–Crippen LogP) is 2.20. The zero-order chi connectivity index (χ0) is 13.5. The fourth-order valence-electron chi connectivity index (χ4n) is 2.24. The van der Waals surface area contributed by atoms with Crippen molar-refractivity contribution in [1.82, 2.24) is 0 Å². The van der Waals surface area contributed by atoms with Crippen LogP contribution in [0, 0.1) is 5.41 Å².